The highest BCUT2D eigenvalue weighted by molar-refractivity contribution is 5.92. The Labute approximate surface area is 301 Å². The number of nitrogens with one attached hydrogen (secondary N) is 2. The smallest absolute Gasteiger partial charge is 0.226 e. The van der Waals surface area contributed by atoms with E-state index in [4.69, 9.17) is 9.47 Å². The van der Waals surface area contributed by atoms with Crippen molar-refractivity contribution in [1.29, 1.82) is 0 Å². The predicted octanol–water partition coefficient (Wildman–Crippen LogP) is 4.37. The third-order valence-corrected chi connectivity index (χ3v) is 11.1. The van der Waals surface area contributed by atoms with Crippen molar-refractivity contribution in [3.63, 3.8) is 0 Å². The summed E-state index contributed by atoms with van der Waals surface area (Å²) in [7, 11) is 6.63. The van der Waals surface area contributed by atoms with Gasteiger partial charge in [0.15, 0.2) is 5.78 Å². The number of likely N-dealkylation sites (N-methyl/N-ethyl adjacent to an activating group) is 2. The third kappa shape index (κ3) is 10.8. The first-order valence-corrected chi connectivity index (χ1v) is 18.3. The van der Waals surface area contributed by atoms with Crippen LogP contribution in [0.25, 0.3) is 0 Å². The number of hydrogen-bond acceptors (Lipinski definition) is 8. The van der Waals surface area contributed by atoms with Crippen LogP contribution in [-0.2, 0) is 28.7 Å². The standard InChI is InChI=1S/C39H66N4O7/c1-13-25(4)34(42(10)38(48)29(24(2)3)22-32(44)39(7,8)40-9)31(49-11)23-33(45)43-21-17-20-30(43)36(50-12)26(5)37(47)41-27(6)35(46)28-18-15-14-16-19-28/h14-16,18-19,24-27,29-31,34-36,40,46H,13,17,20-23H2,1-12H3,(H,41,47). The van der Waals surface area contributed by atoms with Gasteiger partial charge in [0.2, 0.25) is 17.7 Å². The Hall–Kier alpha value is -2.86. The molecule has 11 heteroatoms. The minimum atomic E-state index is -0.871. The molecule has 0 radical (unpaired) electrons. The summed E-state index contributed by atoms with van der Waals surface area (Å²) in [5.74, 6) is -1.72. The molecular formula is C39H66N4O7. The van der Waals surface area contributed by atoms with Crippen LogP contribution >= 0.6 is 0 Å². The number of ether oxygens (including phenoxy) is 2. The number of rotatable bonds is 20. The molecule has 0 bridgehead atoms. The van der Waals surface area contributed by atoms with Gasteiger partial charge >= 0.3 is 0 Å². The average Bonchev–Trinajstić information content (AvgIpc) is 3.59. The van der Waals surface area contributed by atoms with Gasteiger partial charge in [-0.1, -0.05) is 71.4 Å². The zero-order valence-electron chi connectivity index (χ0n) is 32.7. The average molecular weight is 703 g/mol. The second-order valence-electron chi connectivity index (χ2n) is 15.1. The molecule has 3 N–H and O–H groups in total. The molecule has 50 heavy (non-hydrogen) atoms. The number of ketones is 1. The Morgan fingerprint density at radius 3 is 2.16 bits per heavy atom. The van der Waals surface area contributed by atoms with Gasteiger partial charge in [-0.05, 0) is 58.1 Å². The fourth-order valence-electron chi connectivity index (χ4n) is 7.14. The maximum atomic E-state index is 14.1. The number of aliphatic hydroxyl groups excluding tert-OH is 1. The summed E-state index contributed by atoms with van der Waals surface area (Å²) in [5, 5.41) is 16.8. The lowest BCUT2D eigenvalue weighted by Crippen LogP contribution is -2.55. The highest BCUT2D eigenvalue weighted by Crippen LogP contribution is 2.31. The Kier molecular flexibility index (Phi) is 17.0. The highest BCUT2D eigenvalue weighted by atomic mass is 16.5. The number of Topliss-reactive ketones (excluding diaryl/α,β-unsaturated/α-hetero) is 1. The second kappa shape index (κ2) is 19.7. The van der Waals surface area contributed by atoms with Crippen LogP contribution < -0.4 is 10.6 Å². The monoisotopic (exact) mass is 702 g/mol. The molecule has 0 aromatic heterocycles. The van der Waals surface area contributed by atoms with Gasteiger partial charge in [-0.2, -0.15) is 0 Å². The van der Waals surface area contributed by atoms with E-state index < -0.39 is 47.8 Å². The Bertz CT molecular complexity index is 1240. The number of aliphatic hydroxyl groups is 1. The molecule has 3 amide bonds. The largest absolute Gasteiger partial charge is 0.386 e. The van der Waals surface area contributed by atoms with Crippen molar-refractivity contribution < 1.29 is 33.8 Å². The molecule has 9 unspecified atom stereocenters. The normalized spacial score (nSPS) is 20.0. The molecule has 1 fully saturated rings. The lowest BCUT2D eigenvalue weighted by molar-refractivity contribution is -0.149. The van der Waals surface area contributed by atoms with Crippen molar-refractivity contribution >= 4 is 23.5 Å². The quantitative estimate of drug-likeness (QED) is 0.182. The minimum Gasteiger partial charge on any atom is -0.386 e. The van der Waals surface area contributed by atoms with E-state index in [1.165, 1.54) is 0 Å². The second-order valence-corrected chi connectivity index (χ2v) is 15.1. The number of likely N-dealkylation sites (tertiary alicyclic amines) is 1. The summed E-state index contributed by atoms with van der Waals surface area (Å²) >= 11 is 0. The van der Waals surface area contributed by atoms with Crippen molar-refractivity contribution in [1.82, 2.24) is 20.4 Å². The molecule has 1 aromatic rings. The molecule has 284 valence electrons. The van der Waals surface area contributed by atoms with Gasteiger partial charge in [0.1, 0.15) is 0 Å². The zero-order chi connectivity index (χ0) is 37.9. The summed E-state index contributed by atoms with van der Waals surface area (Å²) < 4.78 is 11.9. The van der Waals surface area contributed by atoms with Gasteiger partial charge in [0, 0.05) is 40.2 Å². The molecule has 11 nitrogen and oxygen atoms in total. The minimum absolute atomic E-state index is 0.0111. The van der Waals surface area contributed by atoms with Gasteiger partial charge in [-0.25, -0.2) is 0 Å². The number of nitrogens with zero attached hydrogens (tertiary/aromatic N) is 2. The maximum Gasteiger partial charge on any atom is 0.226 e. The van der Waals surface area contributed by atoms with Crippen LogP contribution in [0.5, 0.6) is 0 Å². The van der Waals surface area contributed by atoms with E-state index in [2.05, 4.69) is 24.5 Å². The zero-order valence-corrected chi connectivity index (χ0v) is 32.7. The van der Waals surface area contributed by atoms with Gasteiger partial charge in [-0.3, -0.25) is 19.2 Å². The Morgan fingerprint density at radius 2 is 1.64 bits per heavy atom. The molecule has 0 spiro atoms. The van der Waals surface area contributed by atoms with E-state index in [0.29, 0.717) is 18.5 Å². The van der Waals surface area contributed by atoms with Crippen LogP contribution in [0.15, 0.2) is 30.3 Å². The van der Waals surface area contributed by atoms with Crippen LogP contribution in [0.2, 0.25) is 0 Å². The molecule has 2 rings (SSSR count). The van der Waals surface area contributed by atoms with Gasteiger partial charge in [0.25, 0.3) is 0 Å². The third-order valence-electron chi connectivity index (χ3n) is 11.1. The van der Waals surface area contributed by atoms with Gasteiger partial charge in [0.05, 0.1) is 54.3 Å². The molecule has 0 saturated carbocycles. The number of benzene rings is 1. The van der Waals surface area contributed by atoms with Crippen molar-refractivity contribution in [3.8, 4) is 0 Å². The van der Waals surface area contributed by atoms with Crippen molar-refractivity contribution in [3.05, 3.63) is 35.9 Å². The van der Waals surface area contributed by atoms with E-state index in [1.807, 2.05) is 58.0 Å². The fraction of sp³-hybridized carbons (Fsp3) is 0.744. The van der Waals surface area contributed by atoms with Crippen LogP contribution in [0.1, 0.15) is 99.2 Å². The van der Waals surface area contributed by atoms with Crippen LogP contribution in [0.4, 0.5) is 0 Å². The lowest BCUT2D eigenvalue weighted by atomic mass is 9.83. The molecule has 1 aliphatic rings. The van der Waals surface area contributed by atoms with Crippen molar-refractivity contribution in [2.75, 3.05) is 34.9 Å². The summed E-state index contributed by atoms with van der Waals surface area (Å²) in [6, 6.07) is 7.93. The number of carbonyl (C=O) groups excluding carboxylic acids is 4. The summed E-state index contributed by atoms with van der Waals surface area (Å²) in [6.07, 6.45) is 0.349. The van der Waals surface area contributed by atoms with E-state index in [9.17, 15) is 24.3 Å². The molecule has 1 saturated heterocycles. The topological polar surface area (TPSA) is 138 Å². The van der Waals surface area contributed by atoms with Gasteiger partial charge < -0.3 is 35.0 Å². The van der Waals surface area contributed by atoms with Crippen molar-refractivity contribution in [2.45, 2.75) is 129 Å². The van der Waals surface area contributed by atoms with E-state index in [1.54, 1.807) is 52.0 Å². The Balaban J connectivity index is 2.24. The number of carbonyl (C=O) groups is 4. The van der Waals surface area contributed by atoms with Gasteiger partial charge in [-0.15, -0.1) is 0 Å². The van der Waals surface area contributed by atoms with E-state index >= 15 is 0 Å². The number of hydrogen-bond donors (Lipinski definition) is 3. The molecular weight excluding hydrogens is 636 g/mol. The molecule has 9 atom stereocenters. The SMILES string of the molecule is CCC(C)C(C(CC(=O)N1CCCC1C(OC)C(C)C(=O)NC(C)C(O)c1ccccc1)OC)N(C)C(=O)C(CC(=O)C(C)(C)NC)C(C)C. The van der Waals surface area contributed by atoms with Crippen molar-refractivity contribution in [2.24, 2.45) is 23.7 Å². The lowest BCUT2D eigenvalue weighted by Gasteiger charge is -2.41. The van der Waals surface area contributed by atoms with E-state index in [-0.39, 0.29) is 54.2 Å². The fourth-order valence-corrected chi connectivity index (χ4v) is 7.14. The summed E-state index contributed by atoms with van der Waals surface area (Å²) in [5.41, 5.74) is -0.0408. The van der Waals surface area contributed by atoms with Crippen LogP contribution in [-0.4, -0.2) is 109 Å². The number of amides is 3. The Morgan fingerprint density at radius 1 is 1.02 bits per heavy atom. The summed E-state index contributed by atoms with van der Waals surface area (Å²) in [6.45, 7) is 15.7. The molecule has 1 aromatic carbocycles. The first-order valence-electron chi connectivity index (χ1n) is 18.3. The first-order chi connectivity index (χ1) is 23.5. The highest BCUT2D eigenvalue weighted by Gasteiger charge is 2.43. The van der Waals surface area contributed by atoms with Crippen LogP contribution in [0.3, 0.4) is 0 Å². The molecule has 1 aliphatic heterocycles. The first kappa shape index (κ1) is 43.3. The summed E-state index contributed by atoms with van der Waals surface area (Å²) in [4.78, 5) is 58.3. The molecule has 1 heterocycles. The van der Waals surface area contributed by atoms with E-state index in [0.717, 1.165) is 12.8 Å². The predicted molar refractivity (Wildman–Crippen MR) is 196 cm³/mol. The number of methoxy groups -OCH3 is 2. The maximum absolute atomic E-state index is 14.1. The van der Waals surface area contributed by atoms with Crippen LogP contribution in [0, 0.1) is 23.7 Å². The molecule has 0 aliphatic carbocycles.